The second kappa shape index (κ2) is 5.73. The molecule has 106 valence electrons. The zero-order chi connectivity index (χ0) is 14.7. The van der Waals surface area contributed by atoms with Crippen LogP contribution in [0.2, 0.25) is 0 Å². The topological polar surface area (TPSA) is 69.0 Å². The zero-order valence-electron chi connectivity index (χ0n) is 12.1. The first-order chi connectivity index (χ1) is 9.52. The summed E-state index contributed by atoms with van der Waals surface area (Å²) in [5, 5.41) is 7.65. The molecule has 2 rings (SSSR count). The highest BCUT2D eigenvalue weighted by molar-refractivity contribution is 5.88. The molecule has 0 atom stereocenters. The number of methoxy groups -OCH3 is 1. The normalized spacial score (nSPS) is 10.4. The standard InChI is InChI=1S/C14H18N4O2/c1-9-12(10(2)18(3)17-9)8-16-11-5-6-15-13(7-11)14(19)20-4/h5-7H,8H2,1-4H3,(H,15,16). The molecule has 6 heteroatoms. The van der Waals surface area contributed by atoms with E-state index in [1.165, 1.54) is 7.11 Å². The first-order valence-corrected chi connectivity index (χ1v) is 6.30. The van der Waals surface area contributed by atoms with Crippen LogP contribution in [0.15, 0.2) is 18.3 Å². The van der Waals surface area contributed by atoms with Crippen LogP contribution in [0, 0.1) is 13.8 Å². The van der Waals surface area contributed by atoms with Crippen LogP contribution in [0.25, 0.3) is 0 Å². The van der Waals surface area contributed by atoms with Gasteiger partial charge in [-0.15, -0.1) is 0 Å². The van der Waals surface area contributed by atoms with Gasteiger partial charge in [0, 0.05) is 36.7 Å². The SMILES string of the molecule is COC(=O)c1cc(NCc2c(C)nn(C)c2C)ccn1. The summed E-state index contributed by atoms with van der Waals surface area (Å²) in [6, 6.07) is 3.49. The van der Waals surface area contributed by atoms with Gasteiger partial charge in [-0.05, 0) is 26.0 Å². The van der Waals surface area contributed by atoms with E-state index in [0.29, 0.717) is 6.54 Å². The fourth-order valence-electron chi connectivity index (χ4n) is 2.02. The molecule has 2 aromatic rings. The highest BCUT2D eigenvalue weighted by atomic mass is 16.5. The Hall–Kier alpha value is -2.37. The predicted octanol–water partition coefficient (Wildman–Crippen LogP) is 1.83. The Balaban J connectivity index is 2.13. The van der Waals surface area contributed by atoms with Crippen LogP contribution in [0.1, 0.15) is 27.4 Å². The van der Waals surface area contributed by atoms with Gasteiger partial charge >= 0.3 is 5.97 Å². The van der Waals surface area contributed by atoms with Crippen LogP contribution < -0.4 is 5.32 Å². The van der Waals surface area contributed by atoms with Gasteiger partial charge in [0.05, 0.1) is 12.8 Å². The predicted molar refractivity (Wildman–Crippen MR) is 75.6 cm³/mol. The Labute approximate surface area is 117 Å². The monoisotopic (exact) mass is 274 g/mol. The molecule has 2 aromatic heterocycles. The van der Waals surface area contributed by atoms with Crippen molar-refractivity contribution < 1.29 is 9.53 Å². The molecule has 0 unspecified atom stereocenters. The Morgan fingerprint density at radius 3 is 2.80 bits per heavy atom. The number of ether oxygens (including phenoxy) is 1. The van der Waals surface area contributed by atoms with Crippen LogP contribution in [0.5, 0.6) is 0 Å². The Morgan fingerprint density at radius 1 is 1.45 bits per heavy atom. The number of esters is 1. The van der Waals surface area contributed by atoms with E-state index in [-0.39, 0.29) is 5.69 Å². The lowest BCUT2D eigenvalue weighted by atomic mass is 10.2. The number of hydrogen-bond acceptors (Lipinski definition) is 5. The summed E-state index contributed by atoms with van der Waals surface area (Å²) in [5.41, 5.74) is 4.39. The summed E-state index contributed by atoms with van der Waals surface area (Å²) >= 11 is 0. The molecule has 0 saturated carbocycles. The van der Waals surface area contributed by atoms with Crippen molar-refractivity contribution in [2.75, 3.05) is 12.4 Å². The summed E-state index contributed by atoms with van der Waals surface area (Å²) in [4.78, 5) is 15.4. The van der Waals surface area contributed by atoms with E-state index in [4.69, 9.17) is 0 Å². The molecule has 0 aliphatic heterocycles. The van der Waals surface area contributed by atoms with Gasteiger partial charge in [0.25, 0.3) is 0 Å². The number of nitrogens with one attached hydrogen (secondary N) is 1. The van der Waals surface area contributed by atoms with Gasteiger partial charge in [-0.1, -0.05) is 0 Å². The average Bonchev–Trinajstić information content (AvgIpc) is 2.69. The molecular weight excluding hydrogens is 256 g/mol. The van der Waals surface area contributed by atoms with Gasteiger partial charge in [-0.2, -0.15) is 5.10 Å². The third-order valence-electron chi connectivity index (χ3n) is 3.28. The minimum Gasteiger partial charge on any atom is -0.464 e. The quantitative estimate of drug-likeness (QED) is 0.861. The molecule has 0 aliphatic rings. The number of nitrogens with zero attached hydrogens (tertiary/aromatic N) is 3. The zero-order valence-corrected chi connectivity index (χ0v) is 12.1. The molecule has 0 fully saturated rings. The second-order valence-electron chi connectivity index (χ2n) is 4.55. The summed E-state index contributed by atoms with van der Waals surface area (Å²) in [6.45, 7) is 4.66. The molecule has 2 heterocycles. The molecule has 6 nitrogen and oxygen atoms in total. The average molecular weight is 274 g/mol. The first-order valence-electron chi connectivity index (χ1n) is 6.30. The van der Waals surface area contributed by atoms with Crippen molar-refractivity contribution in [1.29, 1.82) is 0 Å². The lowest BCUT2D eigenvalue weighted by Crippen LogP contribution is -2.07. The summed E-state index contributed by atoms with van der Waals surface area (Å²) < 4.78 is 6.51. The highest BCUT2D eigenvalue weighted by Gasteiger charge is 2.10. The maximum atomic E-state index is 11.4. The molecular formula is C14H18N4O2. The van der Waals surface area contributed by atoms with E-state index < -0.39 is 5.97 Å². The van der Waals surface area contributed by atoms with Crippen molar-refractivity contribution in [2.45, 2.75) is 20.4 Å². The molecule has 0 bridgehead atoms. The highest BCUT2D eigenvalue weighted by Crippen LogP contribution is 2.15. The smallest absolute Gasteiger partial charge is 0.356 e. The van der Waals surface area contributed by atoms with Gasteiger partial charge in [-0.25, -0.2) is 9.78 Å². The molecule has 0 aliphatic carbocycles. The summed E-state index contributed by atoms with van der Waals surface area (Å²) in [7, 11) is 3.26. The van der Waals surface area contributed by atoms with Crippen molar-refractivity contribution in [3.05, 3.63) is 41.0 Å². The van der Waals surface area contributed by atoms with Crippen molar-refractivity contribution in [1.82, 2.24) is 14.8 Å². The summed E-state index contributed by atoms with van der Waals surface area (Å²) in [5.74, 6) is -0.442. The minimum atomic E-state index is -0.442. The molecule has 20 heavy (non-hydrogen) atoms. The lowest BCUT2D eigenvalue weighted by Gasteiger charge is -2.08. The van der Waals surface area contributed by atoms with Crippen molar-refractivity contribution in [2.24, 2.45) is 7.05 Å². The van der Waals surface area contributed by atoms with Crippen LogP contribution in [0.3, 0.4) is 0 Å². The van der Waals surface area contributed by atoms with Crippen LogP contribution in [-0.2, 0) is 18.3 Å². The Morgan fingerprint density at radius 2 is 2.20 bits per heavy atom. The summed E-state index contributed by atoms with van der Waals surface area (Å²) in [6.07, 6.45) is 1.58. The largest absolute Gasteiger partial charge is 0.464 e. The molecule has 0 spiro atoms. The van der Waals surface area contributed by atoms with E-state index in [2.05, 4.69) is 20.1 Å². The number of carbonyl (C=O) groups is 1. The second-order valence-corrected chi connectivity index (χ2v) is 4.55. The number of hydrogen-bond donors (Lipinski definition) is 1. The molecule has 0 amide bonds. The van der Waals surface area contributed by atoms with E-state index in [0.717, 1.165) is 22.6 Å². The number of aromatic nitrogens is 3. The van der Waals surface area contributed by atoms with Crippen molar-refractivity contribution >= 4 is 11.7 Å². The van der Waals surface area contributed by atoms with Gasteiger partial charge in [0.2, 0.25) is 0 Å². The minimum absolute atomic E-state index is 0.289. The number of rotatable bonds is 4. The number of carbonyl (C=O) groups excluding carboxylic acids is 1. The van der Waals surface area contributed by atoms with Gasteiger partial charge in [0.15, 0.2) is 0 Å². The van der Waals surface area contributed by atoms with E-state index in [1.54, 1.807) is 12.3 Å². The molecule has 0 saturated heterocycles. The third kappa shape index (κ3) is 2.79. The van der Waals surface area contributed by atoms with E-state index in [1.807, 2.05) is 31.6 Å². The van der Waals surface area contributed by atoms with Crippen LogP contribution in [0.4, 0.5) is 5.69 Å². The molecule has 0 aromatic carbocycles. The number of aryl methyl sites for hydroxylation is 2. The number of pyridine rings is 1. The first kappa shape index (κ1) is 14.0. The van der Waals surface area contributed by atoms with Gasteiger partial charge in [-0.3, -0.25) is 4.68 Å². The van der Waals surface area contributed by atoms with Crippen molar-refractivity contribution in [3.63, 3.8) is 0 Å². The van der Waals surface area contributed by atoms with E-state index in [9.17, 15) is 4.79 Å². The van der Waals surface area contributed by atoms with Crippen LogP contribution >= 0.6 is 0 Å². The van der Waals surface area contributed by atoms with Crippen molar-refractivity contribution in [3.8, 4) is 0 Å². The fourth-order valence-corrected chi connectivity index (χ4v) is 2.02. The molecule has 0 radical (unpaired) electrons. The lowest BCUT2D eigenvalue weighted by molar-refractivity contribution is 0.0594. The van der Waals surface area contributed by atoms with Gasteiger partial charge in [0.1, 0.15) is 5.69 Å². The Bertz CT molecular complexity index is 634. The molecule has 1 N–H and O–H groups in total. The van der Waals surface area contributed by atoms with Gasteiger partial charge < -0.3 is 10.1 Å². The Kier molecular flexibility index (Phi) is 4.02. The maximum Gasteiger partial charge on any atom is 0.356 e. The number of anilines is 1. The third-order valence-corrected chi connectivity index (χ3v) is 3.28. The fraction of sp³-hybridized carbons (Fsp3) is 0.357. The maximum absolute atomic E-state index is 11.4. The van der Waals surface area contributed by atoms with Crippen LogP contribution in [-0.4, -0.2) is 27.8 Å². The van der Waals surface area contributed by atoms with E-state index >= 15 is 0 Å².